The normalized spacial score (nSPS) is 19.1. The van der Waals surface area contributed by atoms with Crippen molar-refractivity contribution < 1.29 is 13.2 Å². The Labute approximate surface area is 145 Å². The van der Waals surface area contributed by atoms with Gasteiger partial charge < -0.3 is 9.88 Å². The van der Waals surface area contributed by atoms with Crippen molar-refractivity contribution in [1.82, 2.24) is 19.8 Å². The standard InChI is InChI=1S/C16H19F3N4.ClH/c1-22-8-7-21-15(22)14-10-20-6-9-23(14)11-12-4-2-3-5-13(12)16(17,18)19;/h2-5,7-8,14,20H,6,9-11H2,1H3;1H. The summed E-state index contributed by atoms with van der Waals surface area (Å²) in [5.41, 5.74) is -0.252. The molecule has 8 heteroatoms. The maximum Gasteiger partial charge on any atom is 0.416 e. The lowest BCUT2D eigenvalue weighted by molar-refractivity contribution is -0.138. The molecule has 0 spiro atoms. The van der Waals surface area contributed by atoms with Crippen LogP contribution in [0.1, 0.15) is 23.0 Å². The molecular formula is C16H20ClF3N4. The van der Waals surface area contributed by atoms with Crippen molar-refractivity contribution in [3.8, 4) is 0 Å². The highest BCUT2D eigenvalue weighted by molar-refractivity contribution is 5.85. The van der Waals surface area contributed by atoms with E-state index >= 15 is 0 Å². The second-order valence-electron chi connectivity index (χ2n) is 5.74. The zero-order valence-corrected chi connectivity index (χ0v) is 14.1. The molecule has 2 aromatic rings. The van der Waals surface area contributed by atoms with Gasteiger partial charge in [0.2, 0.25) is 0 Å². The maximum atomic E-state index is 13.2. The van der Waals surface area contributed by atoms with Gasteiger partial charge in [-0.1, -0.05) is 18.2 Å². The minimum atomic E-state index is -4.33. The molecule has 1 aromatic heterocycles. The number of imidazole rings is 1. The summed E-state index contributed by atoms with van der Waals surface area (Å²) >= 11 is 0. The van der Waals surface area contributed by atoms with E-state index in [9.17, 15) is 13.2 Å². The molecule has 4 nitrogen and oxygen atoms in total. The van der Waals surface area contributed by atoms with Crippen LogP contribution in [0.25, 0.3) is 0 Å². The number of hydrogen-bond acceptors (Lipinski definition) is 3. The summed E-state index contributed by atoms with van der Waals surface area (Å²) in [5.74, 6) is 0.863. The Morgan fingerprint density at radius 3 is 2.71 bits per heavy atom. The van der Waals surface area contributed by atoms with Crippen LogP contribution in [0.5, 0.6) is 0 Å². The molecule has 1 unspecified atom stereocenters. The Balaban J connectivity index is 0.00000208. The van der Waals surface area contributed by atoms with Crippen LogP contribution in [0.15, 0.2) is 36.7 Å². The summed E-state index contributed by atoms with van der Waals surface area (Å²) in [5, 5.41) is 3.29. The molecule has 1 N–H and O–H groups in total. The number of aryl methyl sites for hydroxylation is 1. The average Bonchev–Trinajstić information content (AvgIpc) is 2.93. The van der Waals surface area contributed by atoms with Gasteiger partial charge in [-0.2, -0.15) is 13.2 Å². The smallest absolute Gasteiger partial charge is 0.337 e. The van der Waals surface area contributed by atoms with Gasteiger partial charge in [0.25, 0.3) is 0 Å². The number of benzene rings is 1. The highest BCUT2D eigenvalue weighted by Gasteiger charge is 2.34. The monoisotopic (exact) mass is 360 g/mol. The predicted molar refractivity (Wildman–Crippen MR) is 87.9 cm³/mol. The van der Waals surface area contributed by atoms with Crippen molar-refractivity contribution in [2.24, 2.45) is 7.05 Å². The van der Waals surface area contributed by atoms with E-state index in [-0.39, 0.29) is 25.0 Å². The fraction of sp³-hybridized carbons (Fsp3) is 0.438. The van der Waals surface area contributed by atoms with E-state index < -0.39 is 11.7 Å². The zero-order valence-electron chi connectivity index (χ0n) is 13.3. The highest BCUT2D eigenvalue weighted by Crippen LogP contribution is 2.33. The van der Waals surface area contributed by atoms with Crippen LogP contribution in [-0.2, 0) is 19.8 Å². The van der Waals surface area contributed by atoms with Crippen molar-refractivity contribution in [3.05, 3.63) is 53.6 Å². The fourth-order valence-electron chi connectivity index (χ4n) is 3.04. The Morgan fingerprint density at radius 1 is 1.29 bits per heavy atom. The van der Waals surface area contributed by atoms with Crippen molar-refractivity contribution in [1.29, 1.82) is 0 Å². The van der Waals surface area contributed by atoms with E-state index in [0.29, 0.717) is 18.7 Å². The van der Waals surface area contributed by atoms with Gasteiger partial charge in [0.05, 0.1) is 11.6 Å². The highest BCUT2D eigenvalue weighted by atomic mass is 35.5. The first-order valence-electron chi connectivity index (χ1n) is 7.54. The van der Waals surface area contributed by atoms with Crippen LogP contribution >= 0.6 is 12.4 Å². The quantitative estimate of drug-likeness (QED) is 0.913. The first kappa shape index (κ1) is 18.8. The van der Waals surface area contributed by atoms with Crippen LogP contribution in [-0.4, -0.2) is 34.1 Å². The molecule has 132 valence electrons. The van der Waals surface area contributed by atoms with E-state index in [2.05, 4.69) is 15.2 Å². The van der Waals surface area contributed by atoms with E-state index in [1.165, 1.54) is 6.07 Å². The number of hydrogen-bond donors (Lipinski definition) is 1. The average molecular weight is 361 g/mol. The molecule has 1 atom stereocenters. The van der Waals surface area contributed by atoms with Gasteiger partial charge >= 0.3 is 6.18 Å². The number of nitrogens with one attached hydrogen (secondary N) is 1. The summed E-state index contributed by atoms with van der Waals surface area (Å²) < 4.78 is 41.5. The SMILES string of the molecule is Cl.Cn1ccnc1C1CNCCN1Cc1ccccc1C(F)(F)F. The second kappa shape index (κ2) is 7.55. The van der Waals surface area contributed by atoms with E-state index in [1.807, 2.05) is 17.8 Å². The Kier molecular flexibility index (Phi) is 5.90. The van der Waals surface area contributed by atoms with Crippen LogP contribution in [0.2, 0.25) is 0 Å². The lowest BCUT2D eigenvalue weighted by atomic mass is 10.0. The van der Waals surface area contributed by atoms with Gasteiger partial charge in [-0.3, -0.25) is 4.90 Å². The first-order chi connectivity index (χ1) is 11.0. The van der Waals surface area contributed by atoms with E-state index in [1.54, 1.807) is 18.3 Å². The van der Waals surface area contributed by atoms with Gasteiger partial charge in [0, 0.05) is 45.6 Å². The molecular weight excluding hydrogens is 341 g/mol. The third-order valence-corrected chi connectivity index (χ3v) is 4.21. The summed E-state index contributed by atoms with van der Waals surface area (Å²) in [4.78, 5) is 6.42. The Hall–Kier alpha value is -1.57. The number of piperazine rings is 1. The number of halogens is 4. The summed E-state index contributed by atoms with van der Waals surface area (Å²) in [6.45, 7) is 2.38. The van der Waals surface area contributed by atoms with Gasteiger partial charge in [-0.15, -0.1) is 12.4 Å². The molecule has 0 saturated carbocycles. The second-order valence-corrected chi connectivity index (χ2v) is 5.74. The van der Waals surface area contributed by atoms with Gasteiger partial charge in [0.1, 0.15) is 5.82 Å². The topological polar surface area (TPSA) is 33.1 Å². The minimum absolute atomic E-state index is 0. The summed E-state index contributed by atoms with van der Waals surface area (Å²) in [7, 11) is 1.90. The molecule has 1 saturated heterocycles. The van der Waals surface area contributed by atoms with Crippen molar-refractivity contribution >= 4 is 12.4 Å². The molecule has 2 heterocycles. The van der Waals surface area contributed by atoms with Crippen molar-refractivity contribution in [2.75, 3.05) is 19.6 Å². The number of alkyl halides is 3. The van der Waals surface area contributed by atoms with E-state index in [4.69, 9.17) is 0 Å². The molecule has 1 aromatic carbocycles. The largest absolute Gasteiger partial charge is 0.416 e. The molecule has 1 aliphatic heterocycles. The predicted octanol–water partition coefficient (Wildman–Crippen LogP) is 3.01. The number of rotatable bonds is 3. The molecule has 24 heavy (non-hydrogen) atoms. The van der Waals surface area contributed by atoms with Gasteiger partial charge in [-0.25, -0.2) is 4.98 Å². The van der Waals surface area contributed by atoms with Crippen molar-refractivity contribution in [3.63, 3.8) is 0 Å². The Morgan fingerprint density at radius 2 is 2.04 bits per heavy atom. The molecule has 0 amide bonds. The van der Waals surface area contributed by atoms with Crippen LogP contribution in [0.4, 0.5) is 13.2 Å². The van der Waals surface area contributed by atoms with Gasteiger partial charge in [-0.05, 0) is 11.6 Å². The lowest BCUT2D eigenvalue weighted by Crippen LogP contribution is -2.46. The molecule has 3 rings (SSSR count). The lowest BCUT2D eigenvalue weighted by Gasteiger charge is -2.36. The molecule has 0 radical (unpaired) electrons. The third kappa shape index (κ3) is 3.91. The van der Waals surface area contributed by atoms with Gasteiger partial charge in [0.15, 0.2) is 0 Å². The van der Waals surface area contributed by atoms with Crippen LogP contribution in [0, 0.1) is 0 Å². The molecule has 1 aliphatic rings. The molecule has 1 fully saturated rings. The molecule has 0 bridgehead atoms. The van der Waals surface area contributed by atoms with Crippen molar-refractivity contribution in [2.45, 2.75) is 18.8 Å². The van der Waals surface area contributed by atoms with E-state index in [0.717, 1.165) is 18.4 Å². The third-order valence-electron chi connectivity index (χ3n) is 4.21. The number of nitrogens with zero attached hydrogens (tertiary/aromatic N) is 3. The summed E-state index contributed by atoms with van der Waals surface area (Å²) in [6, 6.07) is 5.75. The summed E-state index contributed by atoms with van der Waals surface area (Å²) in [6.07, 6.45) is -0.763. The Bertz CT molecular complexity index is 671. The van der Waals surface area contributed by atoms with Crippen LogP contribution in [0.3, 0.4) is 0 Å². The number of aromatic nitrogens is 2. The van der Waals surface area contributed by atoms with Crippen LogP contribution < -0.4 is 5.32 Å². The maximum absolute atomic E-state index is 13.2. The zero-order chi connectivity index (χ0) is 16.4. The minimum Gasteiger partial charge on any atom is -0.337 e. The molecule has 0 aliphatic carbocycles. The fourth-order valence-corrected chi connectivity index (χ4v) is 3.04. The first-order valence-corrected chi connectivity index (χ1v) is 7.54.